The number of nitrogens with zero attached hydrogens (tertiary/aromatic N) is 1. The zero-order valence-electron chi connectivity index (χ0n) is 13.5. The van der Waals surface area contributed by atoms with Gasteiger partial charge < -0.3 is 19.7 Å². The van der Waals surface area contributed by atoms with Crippen molar-refractivity contribution in [2.24, 2.45) is 0 Å². The highest BCUT2D eigenvalue weighted by Crippen LogP contribution is 2.33. The largest absolute Gasteiger partial charge is 0.454 e. The quantitative estimate of drug-likeness (QED) is 0.895. The Morgan fingerprint density at radius 2 is 1.96 bits per heavy atom. The normalized spacial score (nSPS) is 16.7. The fraction of sp³-hybridized carbons (Fsp3) is 0.588. The van der Waals surface area contributed by atoms with E-state index in [2.05, 4.69) is 5.32 Å². The number of benzene rings is 1. The van der Waals surface area contributed by atoms with E-state index in [9.17, 15) is 4.79 Å². The summed E-state index contributed by atoms with van der Waals surface area (Å²) < 4.78 is 10.8. The van der Waals surface area contributed by atoms with Crippen molar-refractivity contribution in [2.75, 3.05) is 20.4 Å². The van der Waals surface area contributed by atoms with E-state index in [1.807, 2.05) is 30.1 Å². The molecule has 0 aromatic heterocycles. The van der Waals surface area contributed by atoms with Crippen LogP contribution < -0.4 is 14.8 Å². The van der Waals surface area contributed by atoms with Gasteiger partial charge in [-0.05, 0) is 37.6 Å². The smallest absolute Gasteiger partial charge is 0.237 e. The van der Waals surface area contributed by atoms with Crippen molar-refractivity contribution >= 4 is 18.3 Å². The van der Waals surface area contributed by atoms with Gasteiger partial charge in [0.15, 0.2) is 11.5 Å². The molecule has 0 unspecified atom stereocenters. The third kappa shape index (κ3) is 4.30. The number of ether oxygens (including phenoxy) is 2. The van der Waals surface area contributed by atoms with Gasteiger partial charge in [-0.15, -0.1) is 12.4 Å². The minimum atomic E-state index is 0. The van der Waals surface area contributed by atoms with Crippen LogP contribution in [0.2, 0.25) is 0 Å². The number of amides is 1. The first-order valence-corrected chi connectivity index (χ1v) is 8.10. The molecule has 1 aromatic rings. The molecule has 0 spiro atoms. The van der Waals surface area contributed by atoms with Gasteiger partial charge >= 0.3 is 0 Å². The van der Waals surface area contributed by atoms with E-state index in [4.69, 9.17) is 9.47 Å². The molecule has 3 rings (SSSR count). The molecule has 1 aliphatic carbocycles. The van der Waals surface area contributed by atoms with Gasteiger partial charge in [0.1, 0.15) is 0 Å². The molecule has 1 fully saturated rings. The lowest BCUT2D eigenvalue weighted by molar-refractivity contribution is -0.133. The van der Waals surface area contributed by atoms with Crippen molar-refractivity contribution in [3.05, 3.63) is 23.8 Å². The molecule has 0 saturated heterocycles. The van der Waals surface area contributed by atoms with Crippen molar-refractivity contribution in [2.45, 2.75) is 44.7 Å². The van der Waals surface area contributed by atoms with Gasteiger partial charge in [-0.3, -0.25) is 4.79 Å². The van der Waals surface area contributed by atoms with Crippen molar-refractivity contribution in [3.63, 3.8) is 0 Å². The summed E-state index contributed by atoms with van der Waals surface area (Å²) >= 11 is 0. The molecule has 1 aliphatic heterocycles. The van der Waals surface area contributed by atoms with E-state index >= 15 is 0 Å². The number of hydrogen-bond acceptors (Lipinski definition) is 4. The Bertz CT molecular complexity index is 533. The molecule has 0 bridgehead atoms. The molecule has 5 nitrogen and oxygen atoms in total. The Balaban J connectivity index is 0.00000192. The molecule has 1 N–H and O–H groups in total. The second kappa shape index (κ2) is 8.41. The fourth-order valence-corrected chi connectivity index (χ4v) is 3.30. The number of fused-ring (bicyclic) bond motifs is 1. The van der Waals surface area contributed by atoms with Crippen LogP contribution in [-0.4, -0.2) is 37.2 Å². The summed E-state index contributed by atoms with van der Waals surface area (Å²) in [5.74, 6) is 1.74. The molecule has 1 saturated carbocycles. The highest BCUT2D eigenvalue weighted by atomic mass is 35.5. The van der Waals surface area contributed by atoms with Gasteiger partial charge in [-0.1, -0.05) is 25.3 Å². The van der Waals surface area contributed by atoms with E-state index in [-0.39, 0.29) is 25.1 Å². The summed E-state index contributed by atoms with van der Waals surface area (Å²) in [6.07, 6.45) is 5.94. The molecular formula is C17H25ClN2O3. The molecule has 1 amide bonds. The number of nitrogens with one attached hydrogen (secondary N) is 1. The van der Waals surface area contributed by atoms with Gasteiger partial charge in [-0.25, -0.2) is 0 Å². The minimum Gasteiger partial charge on any atom is -0.454 e. The third-order valence-corrected chi connectivity index (χ3v) is 4.45. The molecular weight excluding hydrogens is 316 g/mol. The number of rotatable bonds is 5. The fourth-order valence-electron chi connectivity index (χ4n) is 3.30. The molecule has 128 valence electrons. The highest BCUT2D eigenvalue weighted by molar-refractivity contribution is 5.85. The average molecular weight is 341 g/mol. The van der Waals surface area contributed by atoms with Gasteiger partial charge in [0.05, 0.1) is 6.54 Å². The molecule has 0 atom stereocenters. The highest BCUT2D eigenvalue weighted by Gasteiger charge is 2.25. The molecule has 1 aromatic carbocycles. The molecule has 0 radical (unpaired) electrons. The Morgan fingerprint density at radius 1 is 1.22 bits per heavy atom. The van der Waals surface area contributed by atoms with E-state index in [0.29, 0.717) is 19.1 Å². The van der Waals surface area contributed by atoms with Crippen molar-refractivity contribution in [1.82, 2.24) is 10.2 Å². The summed E-state index contributed by atoms with van der Waals surface area (Å²) in [6.45, 7) is 1.31. The van der Waals surface area contributed by atoms with Crippen LogP contribution in [0.15, 0.2) is 18.2 Å². The number of likely N-dealkylation sites (N-methyl/N-ethyl adjacent to an activating group) is 1. The van der Waals surface area contributed by atoms with Gasteiger partial charge in [0.25, 0.3) is 0 Å². The molecule has 1 heterocycles. The average Bonchev–Trinajstić information content (AvgIpc) is 3.01. The summed E-state index contributed by atoms with van der Waals surface area (Å²) in [7, 11) is 1.82. The topological polar surface area (TPSA) is 50.8 Å². The monoisotopic (exact) mass is 340 g/mol. The van der Waals surface area contributed by atoms with Crippen LogP contribution in [-0.2, 0) is 11.3 Å². The van der Waals surface area contributed by atoms with Crippen LogP contribution in [0, 0.1) is 0 Å². The first kappa shape index (κ1) is 17.9. The Kier molecular flexibility index (Phi) is 6.54. The van der Waals surface area contributed by atoms with E-state index in [1.165, 1.54) is 19.3 Å². The summed E-state index contributed by atoms with van der Waals surface area (Å²) in [5.41, 5.74) is 1.10. The zero-order chi connectivity index (χ0) is 15.4. The predicted octanol–water partition coefficient (Wildman–Crippen LogP) is 2.72. The van der Waals surface area contributed by atoms with Crippen LogP contribution in [0.1, 0.15) is 37.7 Å². The van der Waals surface area contributed by atoms with Gasteiger partial charge in [-0.2, -0.15) is 0 Å². The van der Waals surface area contributed by atoms with E-state index in [0.717, 1.165) is 29.9 Å². The van der Waals surface area contributed by atoms with Crippen LogP contribution in [0.5, 0.6) is 11.5 Å². The van der Waals surface area contributed by atoms with Crippen LogP contribution in [0.25, 0.3) is 0 Å². The lowest BCUT2D eigenvalue weighted by atomic mass is 9.93. The third-order valence-electron chi connectivity index (χ3n) is 4.45. The Hall–Kier alpha value is -1.46. The van der Waals surface area contributed by atoms with E-state index in [1.54, 1.807) is 0 Å². The lowest BCUT2D eigenvalue weighted by Gasteiger charge is -2.34. The molecule has 23 heavy (non-hydrogen) atoms. The minimum absolute atomic E-state index is 0. The second-order valence-corrected chi connectivity index (χ2v) is 6.03. The SMILES string of the molecule is CNCC(=O)N(Cc1ccc2c(c1)OCO2)C1CCCCC1.Cl. The summed E-state index contributed by atoms with van der Waals surface area (Å²) in [4.78, 5) is 14.5. The standard InChI is InChI=1S/C17H24N2O3.ClH/c1-18-10-17(20)19(14-5-3-2-4-6-14)11-13-7-8-15-16(9-13)22-12-21-15;/h7-9,14,18H,2-6,10-12H2,1H3;1H. The van der Waals surface area contributed by atoms with Crippen molar-refractivity contribution in [1.29, 1.82) is 0 Å². The lowest BCUT2D eigenvalue weighted by Crippen LogP contribution is -2.44. The maximum absolute atomic E-state index is 12.5. The van der Waals surface area contributed by atoms with Crippen molar-refractivity contribution in [3.8, 4) is 11.5 Å². The second-order valence-electron chi connectivity index (χ2n) is 6.03. The number of halogens is 1. The van der Waals surface area contributed by atoms with Crippen molar-refractivity contribution < 1.29 is 14.3 Å². The summed E-state index contributed by atoms with van der Waals surface area (Å²) in [6, 6.07) is 6.31. The van der Waals surface area contributed by atoms with Crippen LogP contribution in [0.3, 0.4) is 0 Å². The van der Waals surface area contributed by atoms with Crippen LogP contribution in [0.4, 0.5) is 0 Å². The number of carbonyl (C=O) groups excluding carboxylic acids is 1. The number of hydrogen-bond donors (Lipinski definition) is 1. The van der Waals surface area contributed by atoms with Gasteiger partial charge in [0.2, 0.25) is 12.7 Å². The first-order chi connectivity index (χ1) is 10.8. The maximum Gasteiger partial charge on any atom is 0.237 e. The predicted molar refractivity (Wildman–Crippen MR) is 91.2 cm³/mol. The van der Waals surface area contributed by atoms with E-state index < -0.39 is 0 Å². The van der Waals surface area contributed by atoms with Crippen LogP contribution >= 0.6 is 12.4 Å². The summed E-state index contributed by atoms with van der Waals surface area (Å²) in [5, 5.41) is 2.98. The van der Waals surface area contributed by atoms with Gasteiger partial charge in [0, 0.05) is 12.6 Å². The molecule has 2 aliphatic rings. The zero-order valence-corrected chi connectivity index (χ0v) is 14.4. The Labute approximate surface area is 143 Å². The molecule has 6 heteroatoms. The maximum atomic E-state index is 12.5. The Morgan fingerprint density at radius 3 is 2.70 bits per heavy atom. The number of carbonyl (C=O) groups is 1. The first-order valence-electron chi connectivity index (χ1n) is 8.10.